The van der Waals surface area contributed by atoms with Gasteiger partial charge in [0.05, 0.1) is 6.61 Å². The quantitative estimate of drug-likeness (QED) is 0.815. The maximum Gasteiger partial charge on any atom is 0.360 e. The summed E-state index contributed by atoms with van der Waals surface area (Å²) in [7, 11) is 0. The largest absolute Gasteiger partial charge is 0.461 e. The molecular formula is C13H21N3O3. The zero-order chi connectivity index (χ0) is 13.7. The Kier molecular flexibility index (Phi) is 4.79. The summed E-state index contributed by atoms with van der Waals surface area (Å²) in [5, 5.41) is 0. The molecule has 2 heterocycles. The Morgan fingerprint density at radius 3 is 3.21 bits per heavy atom. The van der Waals surface area contributed by atoms with Crippen LogP contribution in [0.15, 0.2) is 10.7 Å². The minimum Gasteiger partial charge on any atom is -0.461 e. The first kappa shape index (κ1) is 13.9. The van der Waals surface area contributed by atoms with Crippen LogP contribution >= 0.6 is 0 Å². The summed E-state index contributed by atoms with van der Waals surface area (Å²) in [6.07, 6.45) is 5.68. The Morgan fingerprint density at radius 2 is 2.47 bits per heavy atom. The first-order chi connectivity index (χ1) is 9.26. The van der Waals surface area contributed by atoms with E-state index in [9.17, 15) is 4.79 Å². The Labute approximate surface area is 112 Å². The van der Waals surface area contributed by atoms with Crippen molar-refractivity contribution in [3.8, 4) is 0 Å². The molecule has 1 aromatic rings. The average molecular weight is 267 g/mol. The molecular weight excluding hydrogens is 246 g/mol. The van der Waals surface area contributed by atoms with E-state index in [-0.39, 0.29) is 5.69 Å². The second-order valence-electron chi connectivity index (χ2n) is 4.66. The summed E-state index contributed by atoms with van der Waals surface area (Å²) in [6, 6.07) is 0.855. The third-order valence-electron chi connectivity index (χ3n) is 3.35. The van der Waals surface area contributed by atoms with Gasteiger partial charge >= 0.3 is 5.97 Å². The van der Waals surface area contributed by atoms with Gasteiger partial charge in [0, 0.05) is 12.6 Å². The highest BCUT2D eigenvalue weighted by Gasteiger charge is 2.26. The van der Waals surface area contributed by atoms with Crippen molar-refractivity contribution in [2.45, 2.75) is 38.6 Å². The first-order valence-corrected chi connectivity index (χ1v) is 6.85. The summed E-state index contributed by atoms with van der Waals surface area (Å²) in [5.41, 5.74) is 5.87. The van der Waals surface area contributed by atoms with Gasteiger partial charge in [-0.25, -0.2) is 4.79 Å². The van der Waals surface area contributed by atoms with Crippen molar-refractivity contribution < 1.29 is 13.9 Å². The highest BCUT2D eigenvalue weighted by atomic mass is 16.5. The van der Waals surface area contributed by atoms with E-state index in [0.717, 1.165) is 25.8 Å². The zero-order valence-electron chi connectivity index (χ0n) is 11.3. The number of anilines is 1. The van der Waals surface area contributed by atoms with E-state index in [4.69, 9.17) is 14.9 Å². The Bertz CT molecular complexity index is 417. The van der Waals surface area contributed by atoms with E-state index >= 15 is 0 Å². The molecule has 106 valence electrons. The molecule has 1 aliphatic rings. The van der Waals surface area contributed by atoms with Gasteiger partial charge in [0.25, 0.3) is 6.01 Å². The predicted octanol–water partition coefficient (Wildman–Crippen LogP) is 1.56. The second-order valence-corrected chi connectivity index (χ2v) is 4.66. The van der Waals surface area contributed by atoms with Crippen molar-refractivity contribution in [2.75, 3.05) is 24.6 Å². The maximum absolute atomic E-state index is 11.6. The molecule has 0 radical (unpaired) electrons. The highest BCUT2D eigenvalue weighted by Crippen LogP contribution is 2.25. The molecule has 1 saturated heterocycles. The van der Waals surface area contributed by atoms with Gasteiger partial charge in [-0.05, 0) is 39.2 Å². The minimum absolute atomic E-state index is 0.230. The highest BCUT2D eigenvalue weighted by molar-refractivity contribution is 5.87. The summed E-state index contributed by atoms with van der Waals surface area (Å²) in [5.74, 6) is -0.440. The fourth-order valence-electron chi connectivity index (χ4n) is 2.44. The van der Waals surface area contributed by atoms with Crippen molar-refractivity contribution >= 4 is 12.0 Å². The Morgan fingerprint density at radius 1 is 1.63 bits per heavy atom. The standard InChI is InChI=1S/C13H21N3O3/c1-2-18-12(17)11-9-19-13(15-11)16-8-4-3-5-10(16)6-7-14/h9-10H,2-8,14H2,1H3. The van der Waals surface area contributed by atoms with Gasteiger partial charge in [-0.2, -0.15) is 4.98 Å². The molecule has 6 nitrogen and oxygen atoms in total. The molecule has 19 heavy (non-hydrogen) atoms. The third-order valence-corrected chi connectivity index (χ3v) is 3.35. The number of carbonyl (C=O) groups excluding carboxylic acids is 1. The van der Waals surface area contributed by atoms with Crippen LogP contribution in [0.3, 0.4) is 0 Å². The summed E-state index contributed by atoms with van der Waals surface area (Å²) in [6.45, 7) is 3.64. The van der Waals surface area contributed by atoms with Crippen molar-refractivity contribution in [1.82, 2.24) is 4.98 Å². The summed E-state index contributed by atoms with van der Waals surface area (Å²) < 4.78 is 10.3. The lowest BCUT2D eigenvalue weighted by atomic mass is 10.00. The fourth-order valence-corrected chi connectivity index (χ4v) is 2.44. The van der Waals surface area contributed by atoms with Gasteiger partial charge in [-0.15, -0.1) is 0 Å². The predicted molar refractivity (Wildman–Crippen MR) is 71.1 cm³/mol. The van der Waals surface area contributed by atoms with E-state index in [0.29, 0.717) is 25.2 Å². The average Bonchev–Trinajstić information content (AvgIpc) is 2.90. The van der Waals surface area contributed by atoms with Gasteiger partial charge in [0.2, 0.25) is 0 Å². The Hall–Kier alpha value is -1.56. The lowest BCUT2D eigenvalue weighted by Crippen LogP contribution is -2.41. The number of carbonyl (C=O) groups is 1. The van der Waals surface area contributed by atoms with E-state index in [1.165, 1.54) is 12.7 Å². The van der Waals surface area contributed by atoms with Crippen LogP contribution in [0.4, 0.5) is 6.01 Å². The molecule has 1 aromatic heterocycles. The van der Waals surface area contributed by atoms with E-state index < -0.39 is 5.97 Å². The SMILES string of the molecule is CCOC(=O)c1coc(N2CCCCC2CCN)n1. The monoisotopic (exact) mass is 267 g/mol. The molecule has 0 aliphatic carbocycles. The van der Waals surface area contributed by atoms with E-state index in [1.807, 2.05) is 0 Å². The number of piperidine rings is 1. The first-order valence-electron chi connectivity index (χ1n) is 6.85. The van der Waals surface area contributed by atoms with Crippen LogP contribution in [0.2, 0.25) is 0 Å². The van der Waals surface area contributed by atoms with Crippen LogP contribution in [-0.4, -0.2) is 36.7 Å². The van der Waals surface area contributed by atoms with Gasteiger partial charge in [-0.3, -0.25) is 0 Å². The van der Waals surface area contributed by atoms with Crippen molar-refractivity contribution in [2.24, 2.45) is 5.73 Å². The van der Waals surface area contributed by atoms with Crippen LogP contribution in [-0.2, 0) is 4.74 Å². The normalized spacial score (nSPS) is 19.5. The molecule has 0 amide bonds. The van der Waals surface area contributed by atoms with Crippen LogP contribution in [0.5, 0.6) is 0 Å². The topological polar surface area (TPSA) is 81.6 Å². The van der Waals surface area contributed by atoms with E-state index in [2.05, 4.69) is 9.88 Å². The lowest BCUT2D eigenvalue weighted by molar-refractivity contribution is 0.0519. The van der Waals surface area contributed by atoms with Gasteiger partial charge in [0.15, 0.2) is 5.69 Å². The molecule has 0 aromatic carbocycles. The van der Waals surface area contributed by atoms with Crippen LogP contribution in [0.25, 0.3) is 0 Å². The van der Waals surface area contributed by atoms with Gasteiger partial charge in [0.1, 0.15) is 6.26 Å². The number of esters is 1. The van der Waals surface area contributed by atoms with Crippen molar-refractivity contribution in [3.63, 3.8) is 0 Å². The molecule has 1 aliphatic heterocycles. The van der Waals surface area contributed by atoms with Crippen molar-refractivity contribution in [3.05, 3.63) is 12.0 Å². The second kappa shape index (κ2) is 6.56. The number of rotatable bonds is 5. The van der Waals surface area contributed by atoms with E-state index in [1.54, 1.807) is 6.92 Å². The molecule has 2 N–H and O–H groups in total. The number of nitrogens with two attached hydrogens (primary N) is 1. The van der Waals surface area contributed by atoms with Crippen LogP contribution in [0.1, 0.15) is 43.1 Å². The molecule has 1 unspecified atom stereocenters. The molecule has 0 bridgehead atoms. The van der Waals surface area contributed by atoms with Crippen LogP contribution in [0, 0.1) is 0 Å². The van der Waals surface area contributed by atoms with Crippen molar-refractivity contribution in [1.29, 1.82) is 0 Å². The number of nitrogens with zero attached hydrogens (tertiary/aromatic N) is 2. The minimum atomic E-state index is -0.440. The zero-order valence-corrected chi connectivity index (χ0v) is 11.3. The number of hydrogen-bond acceptors (Lipinski definition) is 6. The summed E-state index contributed by atoms with van der Waals surface area (Å²) in [4.78, 5) is 17.9. The number of oxazole rings is 1. The van der Waals surface area contributed by atoms with Crippen LogP contribution < -0.4 is 10.6 Å². The number of hydrogen-bond donors (Lipinski definition) is 1. The molecule has 2 rings (SSSR count). The molecule has 0 spiro atoms. The molecule has 6 heteroatoms. The number of aromatic nitrogens is 1. The summed E-state index contributed by atoms with van der Waals surface area (Å²) >= 11 is 0. The third kappa shape index (κ3) is 3.26. The van der Waals surface area contributed by atoms with Gasteiger partial charge < -0.3 is 19.8 Å². The lowest BCUT2D eigenvalue weighted by Gasteiger charge is -2.34. The molecule has 1 atom stereocenters. The number of ether oxygens (including phenoxy) is 1. The molecule has 1 fully saturated rings. The Balaban J connectivity index is 2.09. The maximum atomic E-state index is 11.6. The van der Waals surface area contributed by atoms with Gasteiger partial charge in [-0.1, -0.05) is 0 Å². The smallest absolute Gasteiger partial charge is 0.360 e. The molecule has 0 saturated carbocycles. The fraction of sp³-hybridized carbons (Fsp3) is 0.692.